The summed E-state index contributed by atoms with van der Waals surface area (Å²) in [5.74, 6) is -0.826. The molecule has 0 unspecified atom stereocenters. The molecule has 0 amide bonds. The fourth-order valence-corrected chi connectivity index (χ4v) is 1.99. The molecule has 0 aliphatic rings. The van der Waals surface area contributed by atoms with Crippen LogP contribution in [-0.2, 0) is 23.3 Å². The van der Waals surface area contributed by atoms with Crippen molar-refractivity contribution < 1.29 is 9.90 Å². The molecule has 5 heteroatoms. The molecular formula is C16H21N3O2. The molecule has 1 aromatic heterocycles. The third-order valence-corrected chi connectivity index (χ3v) is 3.63. The van der Waals surface area contributed by atoms with Crippen LogP contribution >= 0.6 is 0 Å². The van der Waals surface area contributed by atoms with Crippen LogP contribution in [-0.4, -0.2) is 20.9 Å². The zero-order valence-corrected chi connectivity index (χ0v) is 12.6. The molecule has 0 radical (unpaired) electrons. The number of nitrogens with one attached hydrogen (secondary N) is 1. The Morgan fingerprint density at radius 2 is 1.95 bits per heavy atom. The maximum absolute atomic E-state index is 11.2. The Morgan fingerprint density at radius 1 is 1.29 bits per heavy atom. The van der Waals surface area contributed by atoms with Gasteiger partial charge in [0.2, 0.25) is 0 Å². The molecule has 112 valence electrons. The van der Waals surface area contributed by atoms with Gasteiger partial charge in [-0.1, -0.05) is 12.1 Å². The number of carboxylic acid groups (broad SMARTS) is 1. The number of hydrogen-bond acceptors (Lipinski definition) is 3. The van der Waals surface area contributed by atoms with Crippen LogP contribution in [0.2, 0.25) is 0 Å². The number of aryl methyl sites for hydroxylation is 1. The van der Waals surface area contributed by atoms with Gasteiger partial charge < -0.3 is 10.4 Å². The van der Waals surface area contributed by atoms with Crippen LogP contribution in [0.25, 0.3) is 0 Å². The van der Waals surface area contributed by atoms with Gasteiger partial charge in [0.05, 0.1) is 17.7 Å². The molecule has 1 heterocycles. The number of nitrogens with zero attached hydrogens (tertiary/aromatic N) is 2. The lowest BCUT2D eigenvalue weighted by Crippen LogP contribution is -2.28. The van der Waals surface area contributed by atoms with Crippen molar-refractivity contribution in [3.8, 4) is 0 Å². The Bertz CT molecular complexity index is 615. The Hall–Kier alpha value is -2.30. The fraction of sp³-hybridized carbons (Fsp3) is 0.375. The highest BCUT2D eigenvalue weighted by atomic mass is 16.4. The first-order valence-corrected chi connectivity index (χ1v) is 7.03. The van der Waals surface area contributed by atoms with E-state index < -0.39 is 11.4 Å². The van der Waals surface area contributed by atoms with Crippen LogP contribution in [0.15, 0.2) is 36.5 Å². The number of hydrogen-bond donors (Lipinski definition) is 2. The SMILES string of the molecule is CCn1ccc(CNc2ccc(C(C)(C)C(=O)O)cc2)n1. The zero-order valence-electron chi connectivity index (χ0n) is 12.6. The average Bonchev–Trinajstić information content (AvgIpc) is 2.93. The largest absolute Gasteiger partial charge is 0.481 e. The summed E-state index contributed by atoms with van der Waals surface area (Å²) < 4.78 is 1.88. The number of anilines is 1. The van der Waals surface area contributed by atoms with Crippen molar-refractivity contribution >= 4 is 11.7 Å². The van der Waals surface area contributed by atoms with Crippen molar-refractivity contribution in [1.29, 1.82) is 0 Å². The van der Waals surface area contributed by atoms with Crippen LogP contribution in [0.4, 0.5) is 5.69 Å². The van der Waals surface area contributed by atoms with Crippen molar-refractivity contribution in [2.24, 2.45) is 0 Å². The van der Waals surface area contributed by atoms with Gasteiger partial charge in [-0.25, -0.2) is 0 Å². The summed E-state index contributed by atoms with van der Waals surface area (Å²) in [5, 5.41) is 16.9. The van der Waals surface area contributed by atoms with Gasteiger partial charge >= 0.3 is 5.97 Å². The van der Waals surface area contributed by atoms with Crippen molar-refractivity contribution in [2.45, 2.75) is 39.3 Å². The minimum Gasteiger partial charge on any atom is -0.481 e. The third-order valence-electron chi connectivity index (χ3n) is 3.63. The van der Waals surface area contributed by atoms with Gasteiger partial charge in [-0.05, 0) is 44.5 Å². The molecule has 2 aromatic rings. The second-order valence-electron chi connectivity index (χ2n) is 5.52. The lowest BCUT2D eigenvalue weighted by Gasteiger charge is -2.20. The lowest BCUT2D eigenvalue weighted by molar-refractivity contribution is -0.142. The van der Waals surface area contributed by atoms with E-state index in [0.29, 0.717) is 6.54 Å². The number of carboxylic acids is 1. The Labute approximate surface area is 124 Å². The third kappa shape index (κ3) is 3.42. The molecule has 0 spiro atoms. The minimum atomic E-state index is -0.877. The predicted molar refractivity (Wildman–Crippen MR) is 82.3 cm³/mol. The molecule has 0 aliphatic carbocycles. The van der Waals surface area contributed by atoms with E-state index in [1.165, 1.54) is 0 Å². The summed E-state index contributed by atoms with van der Waals surface area (Å²) in [7, 11) is 0. The first kappa shape index (κ1) is 15.1. The van der Waals surface area contributed by atoms with Crippen LogP contribution in [0.3, 0.4) is 0 Å². The summed E-state index contributed by atoms with van der Waals surface area (Å²) in [6.07, 6.45) is 1.95. The molecule has 2 N–H and O–H groups in total. The maximum atomic E-state index is 11.2. The molecule has 0 saturated heterocycles. The lowest BCUT2D eigenvalue weighted by atomic mass is 9.85. The quantitative estimate of drug-likeness (QED) is 0.857. The number of rotatable bonds is 6. The Balaban J connectivity index is 2.01. The molecular weight excluding hydrogens is 266 g/mol. The molecule has 0 aliphatic heterocycles. The summed E-state index contributed by atoms with van der Waals surface area (Å²) >= 11 is 0. The number of benzene rings is 1. The second kappa shape index (κ2) is 5.99. The van der Waals surface area contributed by atoms with E-state index in [9.17, 15) is 9.90 Å². The summed E-state index contributed by atoms with van der Waals surface area (Å²) in [6.45, 7) is 6.96. The smallest absolute Gasteiger partial charge is 0.313 e. The first-order chi connectivity index (χ1) is 9.93. The number of aromatic nitrogens is 2. The van der Waals surface area contributed by atoms with Gasteiger partial charge in [0, 0.05) is 18.4 Å². The summed E-state index contributed by atoms with van der Waals surface area (Å²) in [5.41, 5.74) is 1.84. The molecule has 0 bridgehead atoms. The summed E-state index contributed by atoms with van der Waals surface area (Å²) in [4.78, 5) is 11.2. The molecule has 0 atom stereocenters. The van der Waals surface area contributed by atoms with E-state index in [1.807, 2.05) is 48.1 Å². The molecule has 0 saturated carbocycles. The number of aliphatic carboxylic acids is 1. The van der Waals surface area contributed by atoms with Gasteiger partial charge in [0.1, 0.15) is 0 Å². The van der Waals surface area contributed by atoms with Gasteiger partial charge in [-0.15, -0.1) is 0 Å². The van der Waals surface area contributed by atoms with E-state index in [0.717, 1.165) is 23.5 Å². The summed E-state index contributed by atoms with van der Waals surface area (Å²) in [6, 6.07) is 9.48. The van der Waals surface area contributed by atoms with Gasteiger partial charge in [-0.3, -0.25) is 9.48 Å². The van der Waals surface area contributed by atoms with E-state index in [4.69, 9.17) is 0 Å². The van der Waals surface area contributed by atoms with E-state index >= 15 is 0 Å². The molecule has 2 rings (SSSR count). The standard InChI is InChI=1S/C16H21N3O2/c1-4-19-10-9-14(18-19)11-17-13-7-5-12(6-8-13)16(2,3)15(20)21/h5-10,17H,4,11H2,1-3H3,(H,20,21). The predicted octanol–water partition coefficient (Wildman–Crippen LogP) is 2.88. The van der Waals surface area contributed by atoms with Gasteiger partial charge in [-0.2, -0.15) is 5.10 Å². The van der Waals surface area contributed by atoms with Crippen LogP contribution in [0.1, 0.15) is 32.0 Å². The van der Waals surface area contributed by atoms with Gasteiger partial charge in [0.25, 0.3) is 0 Å². The van der Waals surface area contributed by atoms with Crippen molar-refractivity contribution in [1.82, 2.24) is 9.78 Å². The van der Waals surface area contributed by atoms with E-state index in [2.05, 4.69) is 10.4 Å². The van der Waals surface area contributed by atoms with E-state index in [-0.39, 0.29) is 0 Å². The van der Waals surface area contributed by atoms with Crippen molar-refractivity contribution in [3.63, 3.8) is 0 Å². The average molecular weight is 287 g/mol. The van der Waals surface area contributed by atoms with E-state index in [1.54, 1.807) is 13.8 Å². The monoisotopic (exact) mass is 287 g/mol. The van der Waals surface area contributed by atoms with Crippen LogP contribution in [0.5, 0.6) is 0 Å². The second-order valence-corrected chi connectivity index (χ2v) is 5.52. The topological polar surface area (TPSA) is 67.2 Å². The van der Waals surface area contributed by atoms with Crippen molar-refractivity contribution in [3.05, 3.63) is 47.8 Å². The first-order valence-electron chi connectivity index (χ1n) is 7.03. The molecule has 21 heavy (non-hydrogen) atoms. The molecule has 5 nitrogen and oxygen atoms in total. The van der Waals surface area contributed by atoms with Crippen LogP contribution in [0, 0.1) is 0 Å². The molecule has 0 fully saturated rings. The maximum Gasteiger partial charge on any atom is 0.313 e. The minimum absolute atomic E-state index is 0.647. The fourth-order valence-electron chi connectivity index (χ4n) is 1.99. The highest BCUT2D eigenvalue weighted by molar-refractivity contribution is 5.80. The normalized spacial score (nSPS) is 11.4. The highest BCUT2D eigenvalue weighted by Crippen LogP contribution is 2.24. The Morgan fingerprint density at radius 3 is 2.48 bits per heavy atom. The number of carbonyl (C=O) groups is 1. The highest BCUT2D eigenvalue weighted by Gasteiger charge is 2.29. The Kier molecular flexibility index (Phi) is 4.31. The van der Waals surface area contributed by atoms with Gasteiger partial charge in [0.15, 0.2) is 0 Å². The zero-order chi connectivity index (χ0) is 15.5. The van der Waals surface area contributed by atoms with Crippen molar-refractivity contribution in [2.75, 3.05) is 5.32 Å². The molecule has 1 aromatic carbocycles. The van der Waals surface area contributed by atoms with Crippen LogP contribution < -0.4 is 5.32 Å².